The van der Waals surface area contributed by atoms with E-state index < -0.39 is 24.1 Å². The molecule has 2 aromatic heterocycles. The molecule has 0 N–H and O–H groups in total. The Morgan fingerprint density at radius 2 is 2.04 bits per heavy atom. The van der Waals surface area contributed by atoms with Crippen LogP contribution in [0.3, 0.4) is 0 Å². The van der Waals surface area contributed by atoms with Crippen molar-refractivity contribution in [1.29, 1.82) is 0 Å². The van der Waals surface area contributed by atoms with Crippen LogP contribution in [0.15, 0.2) is 4.79 Å². The third-order valence-corrected chi connectivity index (χ3v) is 5.00. The van der Waals surface area contributed by atoms with Crippen LogP contribution in [-0.4, -0.2) is 33.7 Å². The molecule has 7 nitrogen and oxygen atoms in total. The summed E-state index contributed by atoms with van der Waals surface area (Å²) in [6.07, 6.45) is 1.67. The highest BCUT2D eigenvalue weighted by Gasteiger charge is 2.25. The van der Waals surface area contributed by atoms with Gasteiger partial charge in [-0.05, 0) is 39.7 Å². The van der Waals surface area contributed by atoms with Gasteiger partial charge in [0, 0.05) is 13.0 Å². The lowest BCUT2D eigenvalue weighted by Crippen LogP contribution is -2.27. The van der Waals surface area contributed by atoms with Crippen molar-refractivity contribution in [3.8, 4) is 0 Å². The van der Waals surface area contributed by atoms with Gasteiger partial charge in [-0.15, -0.1) is 11.3 Å². The highest BCUT2D eigenvalue weighted by atomic mass is 32.1. The molecule has 0 fully saturated rings. The summed E-state index contributed by atoms with van der Waals surface area (Å²) in [5, 5.41) is 0.458. The van der Waals surface area contributed by atoms with E-state index in [4.69, 9.17) is 9.47 Å². The number of thiophene rings is 1. The molecule has 0 atom stereocenters. The van der Waals surface area contributed by atoms with E-state index in [9.17, 15) is 14.4 Å². The normalized spacial score (nSPS) is 13.8. The van der Waals surface area contributed by atoms with Crippen molar-refractivity contribution in [3.63, 3.8) is 0 Å². The van der Waals surface area contributed by atoms with Gasteiger partial charge in [-0.1, -0.05) is 0 Å². The average molecular weight is 364 g/mol. The maximum absolute atomic E-state index is 12.6. The highest BCUT2D eigenvalue weighted by Crippen LogP contribution is 2.29. The number of hydrogen-bond acceptors (Lipinski definition) is 7. The van der Waals surface area contributed by atoms with Gasteiger partial charge >= 0.3 is 11.9 Å². The Balaban J connectivity index is 1.83. The Labute approximate surface area is 148 Å². The number of carbonyl (C=O) groups excluding carboxylic acids is 2. The molecule has 3 rings (SSSR count). The highest BCUT2D eigenvalue weighted by molar-refractivity contribution is 7.20. The number of carbonyl (C=O) groups is 2. The SMILES string of the molecule is Cc1c(C(=O)OCC(=O)OC(C)(C)C)sc2nc3n(c(=O)c12)CCC3. The third kappa shape index (κ3) is 3.44. The maximum atomic E-state index is 12.6. The number of fused-ring (bicyclic) bond motifs is 2. The predicted molar refractivity (Wildman–Crippen MR) is 93.1 cm³/mol. The monoisotopic (exact) mass is 364 g/mol. The summed E-state index contributed by atoms with van der Waals surface area (Å²) in [6.45, 7) is 7.11. The molecule has 0 saturated heterocycles. The van der Waals surface area contributed by atoms with Crippen molar-refractivity contribution in [3.05, 3.63) is 26.6 Å². The van der Waals surface area contributed by atoms with Crippen molar-refractivity contribution in [2.75, 3.05) is 6.61 Å². The van der Waals surface area contributed by atoms with Crippen molar-refractivity contribution >= 4 is 33.5 Å². The Kier molecular flexibility index (Phi) is 4.40. The first-order valence-electron chi connectivity index (χ1n) is 8.09. The molecular weight excluding hydrogens is 344 g/mol. The zero-order chi connectivity index (χ0) is 18.4. The summed E-state index contributed by atoms with van der Waals surface area (Å²) in [4.78, 5) is 41.9. The van der Waals surface area contributed by atoms with Crippen LogP contribution in [0.5, 0.6) is 0 Å². The molecule has 0 amide bonds. The van der Waals surface area contributed by atoms with Crippen molar-refractivity contribution in [2.24, 2.45) is 0 Å². The van der Waals surface area contributed by atoms with Crippen molar-refractivity contribution in [1.82, 2.24) is 9.55 Å². The van der Waals surface area contributed by atoms with Crippen LogP contribution in [0.1, 0.15) is 48.3 Å². The minimum Gasteiger partial charge on any atom is -0.457 e. The van der Waals surface area contributed by atoms with E-state index in [1.165, 1.54) is 0 Å². The fraction of sp³-hybridized carbons (Fsp3) is 0.529. The predicted octanol–water partition coefficient (Wildman–Crippen LogP) is 2.21. The van der Waals surface area contributed by atoms with E-state index >= 15 is 0 Å². The molecule has 25 heavy (non-hydrogen) atoms. The molecule has 0 bridgehead atoms. The molecule has 0 unspecified atom stereocenters. The molecule has 3 heterocycles. The van der Waals surface area contributed by atoms with E-state index in [0.29, 0.717) is 27.2 Å². The molecule has 8 heteroatoms. The number of aromatic nitrogens is 2. The first kappa shape index (κ1) is 17.6. The van der Waals surface area contributed by atoms with E-state index in [1.807, 2.05) is 0 Å². The van der Waals surface area contributed by atoms with Gasteiger partial charge in [-0.3, -0.25) is 9.36 Å². The van der Waals surface area contributed by atoms with Gasteiger partial charge in [0.2, 0.25) is 0 Å². The Bertz CT molecular complexity index is 920. The van der Waals surface area contributed by atoms with Crippen LogP contribution < -0.4 is 5.56 Å². The van der Waals surface area contributed by atoms with Crippen LogP contribution in [0, 0.1) is 6.92 Å². The van der Waals surface area contributed by atoms with Crippen LogP contribution in [0.25, 0.3) is 10.2 Å². The second-order valence-electron chi connectivity index (χ2n) is 6.99. The fourth-order valence-electron chi connectivity index (χ4n) is 2.83. The number of rotatable bonds is 3. The number of nitrogens with zero attached hydrogens (tertiary/aromatic N) is 2. The number of esters is 2. The molecule has 0 aliphatic carbocycles. The number of aryl methyl sites for hydroxylation is 2. The molecule has 0 radical (unpaired) electrons. The molecule has 1 aliphatic rings. The molecule has 134 valence electrons. The number of ether oxygens (including phenoxy) is 2. The lowest BCUT2D eigenvalue weighted by atomic mass is 10.2. The Hall–Kier alpha value is -2.22. The summed E-state index contributed by atoms with van der Waals surface area (Å²) < 4.78 is 11.8. The molecular formula is C17H20N2O5S. The number of hydrogen-bond donors (Lipinski definition) is 0. The quantitative estimate of drug-likeness (QED) is 0.776. The lowest BCUT2D eigenvalue weighted by Gasteiger charge is -2.19. The summed E-state index contributed by atoms with van der Waals surface area (Å²) in [7, 11) is 0. The maximum Gasteiger partial charge on any atom is 0.349 e. The van der Waals surface area contributed by atoms with Gasteiger partial charge in [0.05, 0.1) is 5.39 Å². The topological polar surface area (TPSA) is 87.5 Å². The van der Waals surface area contributed by atoms with Gasteiger partial charge in [-0.2, -0.15) is 0 Å². The van der Waals surface area contributed by atoms with Gasteiger partial charge < -0.3 is 9.47 Å². The van der Waals surface area contributed by atoms with Gasteiger partial charge in [-0.25, -0.2) is 14.6 Å². The van der Waals surface area contributed by atoms with Crippen molar-refractivity contribution in [2.45, 2.75) is 52.7 Å². The third-order valence-electron chi connectivity index (χ3n) is 3.84. The average Bonchev–Trinajstić information content (AvgIpc) is 3.08. The standard InChI is InChI=1S/C17H20N2O5S/c1-9-12-14(18-10-6-5-7-19(10)15(12)21)25-13(9)16(22)23-8-11(20)24-17(2,3)4/h5-8H2,1-4H3. The molecule has 0 saturated carbocycles. The first-order chi connectivity index (χ1) is 11.7. The fourth-order valence-corrected chi connectivity index (χ4v) is 3.92. The Morgan fingerprint density at radius 1 is 1.32 bits per heavy atom. The van der Waals surface area contributed by atoms with E-state index in [-0.39, 0.29) is 5.56 Å². The van der Waals surface area contributed by atoms with Gasteiger partial charge in [0.25, 0.3) is 5.56 Å². The van der Waals surface area contributed by atoms with Gasteiger partial charge in [0.1, 0.15) is 21.1 Å². The van der Waals surface area contributed by atoms with Crippen LogP contribution in [0.4, 0.5) is 0 Å². The zero-order valence-corrected chi connectivity index (χ0v) is 15.5. The summed E-state index contributed by atoms with van der Waals surface area (Å²) in [6, 6.07) is 0. The summed E-state index contributed by atoms with van der Waals surface area (Å²) >= 11 is 1.13. The summed E-state index contributed by atoms with van der Waals surface area (Å²) in [5.41, 5.74) is -0.206. The van der Waals surface area contributed by atoms with Crippen LogP contribution in [0.2, 0.25) is 0 Å². The van der Waals surface area contributed by atoms with Crippen LogP contribution >= 0.6 is 11.3 Å². The molecule has 2 aromatic rings. The first-order valence-corrected chi connectivity index (χ1v) is 8.91. The second-order valence-corrected chi connectivity index (χ2v) is 7.99. The van der Waals surface area contributed by atoms with Crippen LogP contribution in [-0.2, 0) is 27.2 Å². The smallest absolute Gasteiger partial charge is 0.349 e. The molecule has 0 aromatic carbocycles. The van der Waals surface area contributed by atoms with Gasteiger partial charge in [0.15, 0.2) is 6.61 Å². The largest absolute Gasteiger partial charge is 0.457 e. The Morgan fingerprint density at radius 3 is 2.72 bits per heavy atom. The molecule has 0 spiro atoms. The minimum absolute atomic E-state index is 0.113. The van der Waals surface area contributed by atoms with Crippen molar-refractivity contribution < 1.29 is 19.1 Å². The minimum atomic E-state index is -0.643. The molecule has 1 aliphatic heterocycles. The van der Waals surface area contributed by atoms with E-state index in [1.54, 1.807) is 32.3 Å². The summed E-state index contributed by atoms with van der Waals surface area (Å²) in [5.74, 6) is -0.500. The second kappa shape index (κ2) is 6.25. The van der Waals surface area contributed by atoms with E-state index in [0.717, 1.165) is 30.0 Å². The zero-order valence-electron chi connectivity index (χ0n) is 14.7. The van der Waals surface area contributed by atoms with E-state index in [2.05, 4.69) is 4.98 Å². The lowest BCUT2D eigenvalue weighted by molar-refractivity contribution is -0.158.